The molecule has 1 amide bonds. The van der Waals surface area contributed by atoms with Crippen LogP contribution in [0.2, 0.25) is 10.0 Å². The molecule has 0 aliphatic carbocycles. The summed E-state index contributed by atoms with van der Waals surface area (Å²) in [5.74, 6) is -0.661. The van der Waals surface area contributed by atoms with Crippen LogP contribution < -0.4 is 10.2 Å². The molecule has 0 radical (unpaired) electrons. The third-order valence-electron chi connectivity index (χ3n) is 7.54. The van der Waals surface area contributed by atoms with Gasteiger partial charge in [-0.15, -0.1) is 0 Å². The molecule has 3 aromatic rings. The summed E-state index contributed by atoms with van der Waals surface area (Å²) < 4.78 is 14.2. The van der Waals surface area contributed by atoms with Gasteiger partial charge in [0.25, 0.3) is 0 Å². The van der Waals surface area contributed by atoms with Gasteiger partial charge in [0.2, 0.25) is 5.91 Å². The Hall–Kier alpha value is -2.78. The molecular weight excluding hydrogens is 538 g/mol. The molecule has 2 aliphatic heterocycles. The van der Waals surface area contributed by atoms with Crippen LogP contribution >= 0.6 is 23.2 Å². The number of hydrogen-bond donors (Lipinski definition) is 1. The van der Waals surface area contributed by atoms with Gasteiger partial charge in [-0.25, -0.2) is 4.39 Å². The third kappa shape index (κ3) is 6.52. The lowest BCUT2D eigenvalue weighted by molar-refractivity contribution is -0.115. The molecule has 3 heterocycles. The van der Waals surface area contributed by atoms with Crippen molar-refractivity contribution < 1.29 is 9.18 Å². The van der Waals surface area contributed by atoms with Crippen molar-refractivity contribution in [3.8, 4) is 0 Å². The van der Waals surface area contributed by atoms with Gasteiger partial charge in [-0.05, 0) is 62.7 Å². The SMILES string of the molecule is CC(c1c(Cl)ccc(F)c1Cl)N1CCCc2nnc(CC(=O)Nc3cccc(CN4CCN(C)CC4)c3)cc21. The van der Waals surface area contributed by atoms with E-state index in [-0.39, 0.29) is 23.4 Å². The van der Waals surface area contributed by atoms with E-state index >= 15 is 0 Å². The molecule has 0 bridgehead atoms. The fourth-order valence-corrected chi connectivity index (χ4v) is 6.05. The lowest BCUT2D eigenvalue weighted by atomic mass is 10.0. The first-order valence-corrected chi connectivity index (χ1v) is 14.1. The number of amides is 1. The Bertz CT molecular complexity index is 1350. The third-order valence-corrected chi connectivity index (χ3v) is 8.25. The number of anilines is 2. The number of halogens is 3. The van der Waals surface area contributed by atoms with Crippen molar-refractivity contribution in [2.45, 2.75) is 38.8 Å². The van der Waals surface area contributed by atoms with Crippen LogP contribution in [0.1, 0.15) is 41.9 Å². The average Bonchev–Trinajstić information content (AvgIpc) is 2.92. The zero-order valence-corrected chi connectivity index (χ0v) is 23.8. The minimum atomic E-state index is -0.502. The quantitative estimate of drug-likeness (QED) is 0.385. The van der Waals surface area contributed by atoms with Crippen LogP contribution in [0.4, 0.5) is 15.8 Å². The molecular formula is C29H33Cl2FN6O. The second kappa shape index (κ2) is 12.2. The summed E-state index contributed by atoms with van der Waals surface area (Å²) in [6.45, 7) is 7.75. The van der Waals surface area contributed by atoms with Crippen molar-refractivity contribution in [3.63, 3.8) is 0 Å². The Kier molecular flexibility index (Phi) is 8.67. The highest BCUT2D eigenvalue weighted by Gasteiger charge is 2.28. The van der Waals surface area contributed by atoms with E-state index in [9.17, 15) is 9.18 Å². The van der Waals surface area contributed by atoms with Crippen LogP contribution in [-0.4, -0.2) is 65.7 Å². The van der Waals surface area contributed by atoms with Gasteiger partial charge in [0, 0.05) is 55.5 Å². The van der Waals surface area contributed by atoms with Gasteiger partial charge < -0.3 is 15.1 Å². The number of hydrogen-bond acceptors (Lipinski definition) is 6. The maximum atomic E-state index is 14.2. The summed E-state index contributed by atoms with van der Waals surface area (Å²) in [7, 11) is 2.15. The number of nitrogens with one attached hydrogen (secondary N) is 1. The molecule has 1 unspecified atom stereocenters. The van der Waals surface area contributed by atoms with Crippen molar-refractivity contribution in [1.82, 2.24) is 20.0 Å². The van der Waals surface area contributed by atoms with Crippen molar-refractivity contribution in [2.75, 3.05) is 50.0 Å². The van der Waals surface area contributed by atoms with Crippen LogP contribution in [0.15, 0.2) is 42.5 Å². The van der Waals surface area contributed by atoms with E-state index in [2.05, 4.69) is 43.3 Å². The molecule has 0 spiro atoms. The van der Waals surface area contributed by atoms with Crippen molar-refractivity contribution in [3.05, 3.63) is 80.8 Å². The molecule has 1 fully saturated rings. The second-order valence-electron chi connectivity index (χ2n) is 10.4. The first kappa shape index (κ1) is 27.8. The molecule has 0 saturated carbocycles. The van der Waals surface area contributed by atoms with E-state index < -0.39 is 5.82 Å². The van der Waals surface area contributed by atoms with Gasteiger partial charge in [0.1, 0.15) is 5.82 Å². The molecule has 206 valence electrons. The predicted octanol–water partition coefficient (Wildman–Crippen LogP) is 5.36. The van der Waals surface area contributed by atoms with E-state index in [1.54, 1.807) is 0 Å². The maximum absolute atomic E-state index is 14.2. The van der Waals surface area contributed by atoms with Gasteiger partial charge in [0.15, 0.2) is 0 Å². The van der Waals surface area contributed by atoms with Crippen LogP contribution in [0.3, 0.4) is 0 Å². The molecule has 2 aliphatic rings. The van der Waals surface area contributed by atoms with E-state index in [0.717, 1.165) is 69.2 Å². The molecule has 1 saturated heterocycles. The number of carbonyl (C=O) groups is 1. The maximum Gasteiger partial charge on any atom is 0.230 e. The molecule has 7 nitrogen and oxygen atoms in total. The van der Waals surface area contributed by atoms with Gasteiger partial charge in [-0.2, -0.15) is 10.2 Å². The number of rotatable bonds is 7. The number of likely N-dealkylation sites (N-methyl/N-ethyl adjacent to an activating group) is 1. The average molecular weight is 572 g/mol. The summed E-state index contributed by atoms with van der Waals surface area (Å²) in [5.41, 5.74) is 4.76. The monoisotopic (exact) mass is 570 g/mol. The largest absolute Gasteiger partial charge is 0.363 e. The lowest BCUT2D eigenvalue weighted by Crippen LogP contribution is -2.43. The number of nitrogens with zero attached hydrogens (tertiary/aromatic N) is 5. The standard InChI is InChI=1S/C29H33Cl2FN6O/c1-19(28-23(30)8-9-24(32)29(28)31)38-10-4-7-25-26(38)16-22(34-35-25)17-27(39)33-21-6-3-5-20(15-21)18-37-13-11-36(2)12-14-37/h3,5-6,8-9,15-16,19H,4,7,10-14,17-18H2,1-2H3,(H,33,39). The first-order chi connectivity index (χ1) is 18.8. The molecule has 2 aromatic carbocycles. The van der Waals surface area contributed by atoms with Crippen molar-refractivity contribution >= 4 is 40.5 Å². The number of piperazine rings is 1. The van der Waals surface area contributed by atoms with E-state index in [1.807, 2.05) is 31.2 Å². The summed E-state index contributed by atoms with van der Waals surface area (Å²) >= 11 is 12.7. The summed E-state index contributed by atoms with van der Waals surface area (Å²) in [6, 6.07) is 12.4. The summed E-state index contributed by atoms with van der Waals surface area (Å²) in [5, 5.41) is 12.2. The Morgan fingerprint density at radius 3 is 2.67 bits per heavy atom. The fourth-order valence-electron chi connectivity index (χ4n) is 5.36. The zero-order chi connectivity index (χ0) is 27.5. The molecule has 1 N–H and O–H groups in total. The van der Waals surface area contributed by atoms with Crippen LogP contribution in [-0.2, 0) is 24.2 Å². The topological polar surface area (TPSA) is 64.6 Å². The van der Waals surface area contributed by atoms with Crippen LogP contribution in [0.25, 0.3) is 0 Å². The fraction of sp³-hybridized carbons (Fsp3) is 0.414. The van der Waals surface area contributed by atoms with Gasteiger partial charge in [-0.1, -0.05) is 35.3 Å². The Balaban J connectivity index is 1.28. The second-order valence-corrected chi connectivity index (χ2v) is 11.2. The van der Waals surface area contributed by atoms with Crippen molar-refractivity contribution in [2.24, 2.45) is 0 Å². The molecule has 39 heavy (non-hydrogen) atoms. The minimum Gasteiger partial charge on any atom is -0.363 e. The number of fused-ring (bicyclic) bond motifs is 1. The zero-order valence-electron chi connectivity index (χ0n) is 22.3. The lowest BCUT2D eigenvalue weighted by Gasteiger charge is -2.36. The van der Waals surface area contributed by atoms with Gasteiger partial charge in [-0.3, -0.25) is 9.69 Å². The van der Waals surface area contributed by atoms with Crippen molar-refractivity contribution in [1.29, 1.82) is 0 Å². The Labute approximate surface area is 238 Å². The smallest absolute Gasteiger partial charge is 0.230 e. The number of aromatic nitrogens is 2. The molecule has 1 atom stereocenters. The van der Waals surface area contributed by atoms with Gasteiger partial charge in [0.05, 0.1) is 34.6 Å². The summed E-state index contributed by atoms with van der Waals surface area (Å²) in [6.07, 6.45) is 1.75. The van der Waals surface area contributed by atoms with E-state index in [1.165, 1.54) is 17.7 Å². The Morgan fingerprint density at radius 1 is 1.08 bits per heavy atom. The minimum absolute atomic E-state index is 0.0265. The highest BCUT2D eigenvalue weighted by atomic mass is 35.5. The van der Waals surface area contributed by atoms with E-state index in [4.69, 9.17) is 23.2 Å². The Morgan fingerprint density at radius 2 is 1.87 bits per heavy atom. The summed E-state index contributed by atoms with van der Waals surface area (Å²) in [4.78, 5) is 19.8. The van der Waals surface area contributed by atoms with Gasteiger partial charge >= 0.3 is 0 Å². The molecule has 10 heteroatoms. The van der Waals surface area contributed by atoms with Crippen LogP contribution in [0, 0.1) is 5.82 Å². The number of aryl methyl sites for hydroxylation is 1. The highest BCUT2D eigenvalue weighted by molar-refractivity contribution is 6.36. The van der Waals surface area contributed by atoms with Crippen LogP contribution in [0.5, 0.6) is 0 Å². The highest BCUT2D eigenvalue weighted by Crippen LogP contribution is 2.39. The predicted molar refractivity (Wildman–Crippen MR) is 154 cm³/mol. The number of carbonyl (C=O) groups excluding carboxylic acids is 1. The molecule has 1 aromatic heterocycles. The normalized spacial score (nSPS) is 17.1. The van der Waals surface area contributed by atoms with E-state index in [0.29, 0.717) is 16.3 Å². The first-order valence-electron chi connectivity index (χ1n) is 13.3. The number of benzene rings is 2. The molecule has 5 rings (SSSR count).